The maximum atomic E-state index is 12.5. The molecule has 0 bridgehead atoms. The van der Waals surface area contributed by atoms with Crippen LogP contribution in [0.5, 0.6) is 0 Å². The summed E-state index contributed by atoms with van der Waals surface area (Å²) in [4.78, 5) is 16.2. The Hall–Kier alpha value is -1.51. The Morgan fingerprint density at radius 1 is 1.37 bits per heavy atom. The lowest BCUT2D eigenvalue weighted by atomic mass is 10.0. The molecule has 1 aliphatic heterocycles. The normalized spacial score (nSPS) is 19.3. The van der Waals surface area contributed by atoms with Gasteiger partial charge in [-0.25, -0.2) is 4.79 Å². The highest BCUT2D eigenvalue weighted by Gasteiger charge is 2.23. The van der Waals surface area contributed by atoms with E-state index in [1.807, 2.05) is 24.1 Å². The van der Waals surface area contributed by atoms with Gasteiger partial charge in [0.15, 0.2) is 0 Å². The van der Waals surface area contributed by atoms with E-state index in [-0.39, 0.29) is 6.03 Å². The fourth-order valence-corrected chi connectivity index (χ4v) is 2.64. The first kappa shape index (κ1) is 13.9. The van der Waals surface area contributed by atoms with Crippen molar-refractivity contribution < 1.29 is 4.79 Å². The molecule has 0 saturated carbocycles. The van der Waals surface area contributed by atoms with Crippen molar-refractivity contribution >= 4 is 11.7 Å². The van der Waals surface area contributed by atoms with Crippen molar-refractivity contribution in [3.63, 3.8) is 0 Å². The number of hydrogen-bond donors (Lipinski definition) is 0. The lowest BCUT2D eigenvalue weighted by molar-refractivity contribution is 0.177. The average molecular weight is 260 g/mol. The molecule has 2 rings (SSSR count). The van der Waals surface area contributed by atoms with E-state index in [1.54, 1.807) is 4.90 Å². The summed E-state index contributed by atoms with van der Waals surface area (Å²) in [7, 11) is 1.86. The minimum absolute atomic E-state index is 0.121. The van der Waals surface area contributed by atoms with Gasteiger partial charge in [-0.3, -0.25) is 4.90 Å². The van der Waals surface area contributed by atoms with Crippen LogP contribution in [0.4, 0.5) is 10.5 Å². The zero-order valence-corrected chi connectivity index (χ0v) is 12.2. The summed E-state index contributed by atoms with van der Waals surface area (Å²) in [5.41, 5.74) is 2.27. The molecule has 3 heteroatoms. The third kappa shape index (κ3) is 3.28. The third-order valence-corrected chi connectivity index (χ3v) is 3.95. The Kier molecular flexibility index (Phi) is 4.46. The van der Waals surface area contributed by atoms with E-state index in [2.05, 4.69) is 26.0 Å². The molecule has 1 saturated heterocycles. The maximum absolute atomic E-state index is 12.5. The molecule has 1 atom stereocenters. The maximum Gasteiger partial charge on any atom is 0.324 e. The molecule has 19 heavy (non-hydrogen) atoms. The van der Waals surface area contributed by atoms with Gasteiger partial charge in [-0.15, -0.1) is 0 Å². The van der Waals surface area contributed by atoms with Gasteiger partial charge in [0.1, 0.15) is 0 Å². The summed E-state index contributed by atoms with van der Waals surface area (Å²) in [6.45, 7) is 6.13. The molecule has 104 valence electrons. The molecule has 1 unspecified atom stereocenters. The number of carbonyl (C=O) groups is 1. The van der Waals surface area contributed by atoms with Crippen molar-refractivity contribution in [2.24, 2.45) is 5.92 Å². The van der Waals surface area contributed by atoms with E-state index < -0.39 is 0 Å². The number of nitrogens with zero attached hydrogens (tertiary/aromatic N) is 2. The zero-order chi connectivity index (χ0) is 13.8. The van der Waals surface area contributed by atoms with Gasteiger partial charge in [0, 0.05) is 25.8 Å². The van der Waals surface area contributed by atoms with Crippen molar-refractivity contribution in [1.29, 1.82) is 0 Å². The fourth-order valence-electron chi connectivity index (χ4n) is 2.64. The highest BCUT2D eigenvalue weighted by molar-refractivity contribution is 5.91. The molecule has 0 radical (unpaired) electrons. The zero-order valence-electron chi connectivity index (χ0n) is 12.2. The smallest absolute Gasteiger partial charge is 0.324 e. The van der Waals surface area contributed by atoms with Gasteiger partial charge in [-0.2, -0.15) is 0 Å². The van der Waals surface area contributed by atoms with Gasteiger partial charge in [-0.05, 0) is 42.9 Å². The second kappa shape index (κ2) is 6.09. The number of carbonyl (C=O) groups excluding carboxylic acids is 1. The van der Waals surface area contributed by atoms with Gasteiger partial charge in [0.25, 0.3) is 0 Å². The minimum atomic E-state index is 0.121. The number of anilines is 1. The van der Waals surface area contributed by atoms with Gasteiger partial charge in [-0.1, -0.05) is 26.0 Å². The number of amides is 2. The molecule has 1 aromatic carbocycles. The summed E-state index contributed by atoms with van der Waals surface area (Å²) >= 11 is 0. The first-order chi connectivity index (χ1) is 9.11. The second-order valence-electron chi connectivity index (χ2n) is 5.56. The molecule has 2 amide bonds. The summed E-state index contributed by atoms with van der Waals surface area (Å²) in [5.74, 6) is 0.619. The van der Waals surface area contributed by atoms with Crippen LogP contribution in [-0.4, -0.2) is 31.1 Å². The van der Waals surface area contributed by atoms with Crippen LogP contribution >= 0.6 is 0 Å². The van der Waals surface area contributed by atoms with Crippen LogP contribution < -0.4 is 4.90 Å². The van der Waals surface area contributed by atoms with Gasteiger partial charge < -0.3 is 4.90 Å². The Bertz CT molecular complexity index is 427. The minimum Gasteiger partial charge on any atom is -0.324 e. The van der Waals surface area contributed by atoms with Crippen LogP contribution in [0.1, 0.15) is 32.3 Å². The molecule has 1 heterocycles. The number of hydrogen-bond acceptors (Lipinski definition) is 1. The largest absolute Gasteiger partial charge is 0.324 e. The first-order valence-electron chi connectivity index (χ1n) is 7.23. The molecular formula is C16H24N2O. The van der Waals surface area contributed by atoms with Crippen LogP contribution in [-0.2, 0) is 6.42 Å². The van der Waals surface area contributed by atoms with Crippen molar-refractivity contribution in [3.05, 3.63) is 29.8 Å². The average Bonchev–Trinajstić information content (AvgIpc) is 2.46. The van der Waals surface area contributed by atoms with Crippen LogP contribution in [0.2, 0.25) is 0 Å². The summed E-state index contributed by atoms with van der Waals surface area (Å²) < 4.78 is 0. The molecule has 1 aliphatic rings. The van der Waals surface area contributed by atoms with Crippen molar-refractivity contribution in [1.82, 2.24) is 4.90 Å². The highest BCUT2D eigenvalue weighted by atomic mass is 16.2. The first-order valence-corrected chi connectivity index (χ1v) is 7.23. The Balaban J connectivity index is 2.05. The molecule has 0 aliphatic carbocycles. The number of piperidine rings is 1. The summed E-state index contributed by atoms with van der Waals surface area (Å²) in [5, 5.41) is 0. The van der Waals surface area contributed by atoms with E-state index >= 15 is 0 Å². The molecule has 0 aromatic heterocycles. The van der Waals surface area contributed by atoms with E-state index in [0.717, 1.165) is 31.6 Å². The number of aryl methyl sites for hydroxylation is 1. The molecular weight excluding hydrogens is 236 g/mol. The fraction of sp³-hybridized carbons (Fsp3) is 0.562. The van der Waals surface area contributed by atoms with Crippen molar-refractivity contribution in [2.45, 2.75) is 33.1 Å². The Labute approximate surface area is 116 Å². The SMILES string of the molecule is CCc1ccc(N(C)C(=O)N2CCCC(C)C2)cc1. The van der Waals surface area contributed by atoms with E-state index in [0.29, 0.717) is 5.92 Å². The Morgan fingerprint density at radius 2 is 2.05 bits per heavy atom. The molecule has 3 nitrogen and oxygen atoms in total. The number of urea groups is 1. The standard InChI is InChI=1S/C16H24N2O/c1-4-14-7-9-15(10-8-14)17(3)16(19)18-11-5-6-13(2)12-18/h7-10,13H,4-6,11-12H2,1-3H3. The second-order valence-corrected chi connectivity index (χ2v) is 5.56. The molecule has 1 aromatic rings. The van der Waals surface area contributed by atoms with E-state index in [4.69, 9.17) is 0 Å². The third-order valence-electron chi connectivity index (χ3n) is 3.95. The topological polar surface area (TPSA) is 23.6 Å². The molecule has 0 N–H and O–H groups in total. The van der Waals surface area contributed by atoms with Crippen LogP contribution in [0, 0.1) is 5.92 Å². The lowest BCUT2D eigenvalue weighted by Crippen LogP contribution is -2.45. The lowest BCUT2D eigenvalue weighted by Gasteiger charge is -2.34. The predicted molar refractivity (Wildman–Crippen MR) is 79.6 cm³/mol. The highest BCUT2D eigenvalue weighted by Crippen LogP contribution is 2.20. The number of likely N-dealkylation sites (tertiary alicyclic amines) is 1. The van der Waals surface area contributed by atoms with E-state index in [9.17, 15) is 4.79 Å². The van der Waals surface area contributed by atoms with Crippen molar-refractivity contribution in [2.75, 3.05) is 25.0 Å². The van der Waals surface area contributed by atoms with Crippen molar-refractivity contribution in [3.8, 4) is 0 Å². The molecule has 0 spiro atoms. The number of benzene rings is 1. The van der Waals surface area contributed by atoms with E-state index in [1.165, 1.54) is 12.0 Å². The Morgan fingerprint density at radius 3 is 2.63 bits per heavy atom. The van der Waals surface area contributed by atoms with Gasteiger partial charge in [0.2, 0.25) is 0 Å². The van der Waals surface area contributed by atoms with Gasteiger partial charge >= 0.3 is 6.03 Å². The molecule has 1 fully saturated rings. The monoisotopic (exact) mass is 260 g/mol. The summed E-state index contributed by atoms with van der Waals surface area (Å²) in [6, 6.07) is 8.38. The summed E-state index contributed by atoms with van der Waals surface area (Å²) in [6.07, 6.45) is 3.38. The predicted octanol–water partition coefficient (Wildman–Crippen LogP) is 3.54. The van der Waals surface area contributed by atoms with Crippen LogP contribution in [0.3, 0.4) is 0 Å². The number of rotatable bonds is 2. The van der Waals surface area contributed by atoms with Crippen LogP contribution in [0.25, 0.3) is 0 Å². The quantitative estimate of drug-likeness (QED) is 0.798. The van der Waals surface area contributed by atoms with Crippen LogP contribution in [0.15, 0.2) is 24.3 Å². The van der Waals surface area contributed by atoms with Gasteiger partial charge in [0.05, 0.1) is 0 Å².